The summed E-state index contributed by atoms with van der Waals surface area (Å²) in [6.07, 6.45) is 2.89. The predicted molar refractivity (Wildman–Crippen MR) is 139 cm³/mol. The molecule has 0 atom stereocenters. The lowest BCUT2D eigenvalue weighted by Gasteiger charge is -2.21. The van der Waals surface area contributed by atoms with Gasteiger partial charge in [0.1, 0.15) is 0 Å². The molecule has 2 nitrogen and oxygen atoms in total. The molecule has 4 heteroatoms. The molecule has 0 bridgehead atoms. The summed E-state index contributed by atoms with van der Waals surface area (Å²) in [5.74, 6) is -0.137. The molecule has 0 heterocycles. The van der Waals surface area contributed by atoms with Gasteiger partial charge in [-0.2, -0.15) is 0 Å². The quantitative estimate of drug-likeness (QED) is 0.215. The van der Waals surface area contributed by atoms with E-state index in [1.165, 1.54) is 0 Å². The van der Waals surface area contributed by atoms with Crippen LogP contribution in [0.25, 0.3) is 22.3 Å². The van der Waals surface area contributed by atoms with Crippen LogP contribution in [0.1, 0.15) is 51.1 Å². The van der Waals surface area contributed by atoms with Crippen LogP contribution in [0.3, 0.4) is 0 Å². The maximum Gasteiger partial charge on any atom is 0.194 e. The minimum atomic E-state index is -0.162. The number of hydrogen-bond donors (Lipinski definition) is 0. The van der Waals surface area contributed by atoms with Crippen LogP contribution in [0.15, 0.2) is 84.9 Å². The van der Waals surface area contributed by atoms with Gasteiger partial charge in [0, 0.05) is 33.2 Å². The maximum atomic E-state index is 14.0. The molecule has 4 aromatic carbocycles. The van der Waals surface area contributed by atoms with E-state index in [1.807, 2.05) is 54.6 Å². The zero-order valence-electron chi connectivity index (χ0n) is 18.5. The Labute approximate surface area is 209 Å². The number of Topliss-reactive ketones (excluding diaryl/α,β-unsaturated/α-hetero) is 1. The number of benzene rings is 4. The Balaban J connectivity index is 1.85. The molecule has 34 heavy (non-hydrogen) atoms. The zero-order chi connectivity index (χ0) is 23.7. The Bertz CT molecular complexity index is 1370. The lowest BCUT2D eigenvalue weighted by Crippen LogP contribution is -2.15. The van der Waals surface area contributed by atoms with E-state index < -0.39 is 0 Å². The molecule has 0 amide bonds. The van der Waals surface area contributed by atoms with E-state index in [1.54, 1.807) is 24.3 Å². The predicted octanol–water partition coefficient (Wildman–Crippen LogP) is 8.47. The second kappa shape index (κ2) is 9.58. The average Bonchev–Trinajstić information content (AvgIpc) is 3.06. The molecular formula is C30H22Cl2O2. The van der Waals surface area contributed by atoms with Crippen molar-refractivity contribution in [2.45, 2.75) is 25.7 Å². The van der Waals surface area contributed by atoms with E-state index in [-0.39, 0.29) is 11.6 Å². The summed E-state index contributed by atoms with van der Waals surface area (Å²) >= 11 is 12.2. The molecule has 0 radical (unpaired) electrons. The van der Waals surface area contributed by atoms with Gasteiger partial charge in [0.15, 0.2) is 11.6 Å². The maximum absolute atomic E-state index is 14.0. The summed E-state index contributed by atoms with van der Waals surface area (Å²) in [6, 6.07) is 26.4. The highest BCUT2D eigenvalue weighted by Crippen LogP contribution is 2.40. The van der Waals surface area contributed by atoms with Crippen LogP contribution in [0.5, 0.6) is 0 Å². The highest BCUT2D eigenvalue weighted by atomic mass is 35.5. The molecule has 0 N–H and O–H groups in total. The Morgan fingerprint density at radius 1 is 0.676 bits per heavy atom. The van der Waals surface area contributed by atoms with Gasteiger partial charge in [-0.25, -0.2) is 0 Å². The molecule has 0 spiro atoms. The molecule has 0 aliphatic heterocycles. The van der Waals surface area contributed by atoms with Gasteiger partial charge in [-0.05, 0) is 89.5 Å². The largest absolute Gasteiger partial charge is 0.294 e. The van der Waals surface area contributed by atoms with Crippen molar-refractivity contribution < 1.29 is 9.59 Å². The van der Waals surface area contributed by atoms with Crippen molar-refractivity contribution in [3.05, 3.63) is 117 Å². The van der Waals surface area contributed by atoms with Crippen LogP contribution < -0.4 is 0 Å². The molecule has 0 unspecified atom stereocenters. The Hall–Kier alpha value is -3.20. The van der Waals surface area contributed by atoms with Crippen molar-refractivity contribution in [2.75, 3.05) is 0 Å². The average molecular weight is 485 g/mol. The molecule has 5 rings (SSSR count). The highest BCUT2D eigenvalue weighted by Gasteiger charge is 2.29. The van der Waals surface area contributed by atoms with E-state index in [0.29, 0.717) is 33.2 Å². The third-order valence-corrected chi connectivity index (χ3v) is 6.87. The second-order valence-electron chi connectivity index (χ2n) is 8.54. The first-order valence-electron chi connectivity index (χ1n) is 11.4. The van der Waals surface area contributed by atoms with Gasteiger partial charge >= 0.3 is 0 Å². The van der Waals surface area contributed by atoms with Gasteiger partial charge in [-0.3, -0.25) is 9.59 Å². The number of carbonyl (C=O) groups is 2. The summed E-state index contributed by atoms with van der Waals surface area (Å²) in [5, 5.41) is 1.22. The summed E-state index contributed by atoms with van der Waals surface area (Å²) in [4.78, 5) is 27.5. The van der Waals surface area contributed by atoms with E-state index in [0.717, 1.165) is 47.1 Å². The Kier molecular flexibility index (Phi) is 6.36. The number of carbonyl (C=O) groups excluding carboxylic acids is 2. The van der Waals surface area contributed by atoms with Crippen LogP contribution >= 0.6 is 23.2 Å². The van der Waals surface area contributed by atoms with Crippen LogP contribution in [0, 0.1) is 0 Å². The monoisotopic (exact) mass is 484 g/mol. The Morgan fingerprint density at radius 3 is 1.94 bits per heavy atom. The minimum Gasteiger partial charge on any atom is -0.294 e. The first-order chi connectivity index (χ1) is 16.5. The van der Waals surface area contributed by atoms with Gasteiger partial charge < -0.3 is 0 Å². The third-order valence-electron chi connectivity index (χ3n) is 6.37. The first kappa shape index (κ1) is 22.6. The van der Waals surface area contributed by atoms with E-state index in [9.17, 15) is 9.59 Å². The Morgan fingerprint density at radius 2 is 1.26 bits per heavy atom. The van der Waals surface area contributed by atoms with Crippen molar-refractivity contribution in [2.24, 2.45) is 0 Å². The van der Waals surface area contributed by atoms with Gasteiger partial charge in [-0.1, -0.05) is 65.7 Å². The SMILES string of the molecule is O=C(c1ccc(Cl)cc1)c1c(-c2ccccc2)cc(-c2ccc(Cl)cc2)c2c1C(=O)CCCC2. The fourth-order valence-corrected chi connectivity index (χ4v) is 4.97. The molecule has 0 aromatic heterocycles. The smallest absolute Gasteiger partial charge is 0.194 e. The van der Waals surface area contributed by atoms with Crippen molar-refractivity contribution in [1.29, 1.82) is 0 Å². The van der Waals surface area contributed by atoms with Crippen molar-refractivity contribution >= 4 is 34.8 Å². The van der Waals surface area contributed by atoms with Crippen LogP contribution in [0.2, 0.25) is 10.0 Å². The zero-order valence-corrected chi connectivity index (χ0v) is 20.0. The molecule has 1 aliphatic rings. The summed E-state index contributed by atoms with van der Waals surface area (Å²) in [7, 11) is 0. The van der Waals surface area contributed by atoms with Crippen LogP contribution in [0.4, 0.5) is 0 Å². The normalized spacial score (nSPS) is 13.3. The summed E-state index contributed by atoms with van der Waals surface area (Å²) in [6.45, 7) is 0. The number of hydrogen-bond acceptors (Lipinski definition) is 2. The summed E-state index contributed by atoms with van der Waals surface area (Å²) in [5.41, 5.74) is 6.12. The van der Waals surface area contributed by atoms with Gasteiger partial charge in [0.2, 0.25) is 0 Å². The molecule has 0 saturated heterocycles. The fraction of sp³-hybridized carbons (Fsp3) is 0.133. The molecule has 168 valence electrons. The van der Waals surface area contributed by atoms with Crippen molar-refractivity contribution in [1.82, 2.24) is 0 Å². The second-order valence-corrected chi connectivity index (χ2v) is 9.41. The van der Waals surface area contributed by atoms with E-state index >= 15 is 0 Å². The third kappa shape index (κ3) is 4.32. The highest BCUT2D eigenvalue weighted by molar-refractivity contribution is 6.31. The van der Waals surface area contributed by atoms with Crippen LogP contribution in [-0.2, 0) is 6.42 Å². The number of rotatable bonds is 4. The number of halogens is 2. The van der Waals surface area contributed by atoms with Crippen molar-refractivity contribution in [3.8, 4) is 22.3 Å². The van der Waals surface area contributed by atoms with Crippen molar-refractivity contribution in [3.63, 3.8) is 0 Å². The minimum absolute atomic E-state index is 0.0257. The van der Waals surface area contributed by atoms with Gasteiger partial charge in [0.05, 0.1) is 0 Å². The topological polar surface area (TPSA) is 34.1 Å². The first-order valence-corrected chi connectivity index (χ1v) is 12.1. The fourth-order valence-electron chi connectivity index (χ4n) is 4.72. The summed E-state index contributed by atoms with van der Waals surface area (Å²) < 4.78 is 0. The van der Waals surface area contributed by atoms with E-state index in [2.05, 4.69) is 6.07 Å². The number of fused-ring (bicyclic) bond motifs is 1. The van der Waals surface area contributed by atoms with Gasteiger partial charge in [-0.15, -0.1) is 0 Å². The number of ketones is 2. The van der Waals surface area contributed by atoms with E-state index in [4.69, 9.17) is 23.2 Å². The molecular weight excluding hydrogens is 463 g/mol. The lowest BCUT2D eigenvalue weighted by molar-refractivity contribution is 0.0967. The molecule has 4 aromatic rings. The lowest BCUT2D eigenvalue weighted by atomic mass is 9.81. The standard InChI is InChI=1S/C30H22Cl2O2/c31-22-14-10-20(11-15-22)25-18-26(19-6-2-1-3-7-19)29(28-24(25)8-4-5-9-27(28)33)30(34)21-12-16-23(32)17-13-21/h1-3,6-7,10-18H,4-5,8-9H2. The van der Waals surface area contributed by atoms with Crippen LogP contribution in [-0.4, -0.2) is 11.6 Å². The van der Waals surface area contributed by atoms with Gasteiger partial charge in [0.25, 0.3) is 0 Å². The molecule has 0 saturated carbocycles. The molecule has 0 fully saturated rings. The molecule has 1 aliphatic carbocycles.